The fraction of sp³-hybridized carbons (Fsp3) is 0.571. The van der Waals surface area contributed by atoms with Gasteiger partial charge in [-0.3, -0.25) is 0 Å². The van der Waals surface area contributed by atoms with E-state index in [1.165, 1.54) is 6.07 Å². The van der Waals surface area contributed by atoms with Crippen LogP contribution in [0.4, 0.5) is 0 Å². The smallest absolute Gasteiger partial charge is 0.241 e. The third-order valence-electron chi connectivity index (χ3n) is 3.47. The zero-order valence-corrected chi connectivity index (χ0v) is 14.9. The molecule has 21 heavy (non-hydrogen) atoms. The van der Waals surface area contributed by atoms with Gasteiger partial charge in [-0.2, -0.15) is 0 Å². The summed E-state index contributed by atoms with van der Waals surface area (Å²) >= 11 is 3.24. The van der Waals surface area contributed by atoms with Crippen LogP contribution in [0.5, 0.6) is 5.75 Å². The highest BCUT2D eigenvalue weighted by Crippen LogP contribution is 2.40. The molecule has 0 aromatic heterocycles. The number of halogens is 1. The van der Waals surface area contributed by atoms with Crippen molar-refractivity contribution < 1.29 is 17.9 Å². The van der Waals surface area contributed by atoms with E-state index in [4.69, 9.17) is 14.6 Å². The van der Waals surface area contributed by atoms with Gasteiger partial charge in [0.05, 0.1) is 5.60 Å². The Bertz CT molecular complexity index is 655. The molecule has 7 heteroatoms. The quantitative estimate of drug-likeness (QED) is 0.877. The number of hydrogen-bond donors (Lipinski definition) is 1. The molecule has 0 aliphatic carbocycles. The van der Waals surface area contributed by atoms with Crippen molar-refractivity contribution in [2.75, 3.05) is 0 Å². The normalized spacial score (nSPS) is 24.0. The lowest BCUT2D eigenvalue weighted by atomic mass is 9.97. The molecule has 0 radical (unpaired) electrons. The minimum absolute atomic E-state index is 0.0302. The number of sulfonamides is 1. The summed E-state index contributed by atoms with van der Waals surface area (Å²) in [5.74, 6) is 0.250. The van der Waals surface area contributed by atoms with E-state index in [0.717, 1.165) is 0 Å². The van der Waals surface area contributed by atoms with Crippen molar-refractivity contribution in [1.29, 1.82) is 0 Å². The molecule has 1 unspecified atom stereocenters. The van der Waals surface area contributed by atoms with Crippen molar-refractivity contribution in [3.05, 3.63) is 22.7 Å². The van der Waals surface area contributed by atoms with Crippen molar-refractivity contribution in [3.8, 4) is 5.75 Å². The summed E-state index contributed by atoms with van der Waals surface area (Å²) in [6.07, 6.45) is 0.411. The first-order valence-corrected chi connectivity index (χ1v) is 8.94. The minimum atomic E-state index is -3.86. The van der Waals surface area contributed by atoms with Crippen LogP contribution in [0.2, 0.25) is 0 Å². The Morgan fingerprint density at radius 1 is 1.33 bits per heavy atom. The molecular formula is C14H20BrNO4S. The van der Waals surface area contributed by atoms with Gasteiger partial charge in [0.15, 0.2) is 0 Å². The van der Waals surface area contributed by atoms with E-state index < -0.39 is 15.6 Å². The fourth-order valence-corrected chi connectivity index (χ4v) is 3.85. The predicted octanol–water partition coefficient (Wildman–Crippen LogP) is 2.82. The molecular weight excluding hydrogens is 358 g/mol. The molecule has 0 amide bonds. The Hall–Kier alpha value is -0.630. The van der Waals surface area contributed by atoms with Crippen LogP contribution < -0.4 is 9.88 Å². The maximum Gasteiger partial charge on any atom is 0.241 e. The second kappa shape index (κ2) is 5.22. The first-order valence-electron chi connectivity index (χ1n) is 6.60. The molecule has 1 aromatic rings. The standard InChI is InChI=1S/C14H20BrNO4S/c1-13(2)8-12(14(3,4)20-13)19-10-6-5-9(15)7-11(10)21(16,17)18/h5-7,12H,8H2,1-4H3,(H2,16,17,18). The van der Waals surface area contributed by atoms with Gasteiger partial charge in [0.25, 0.3) is 0 Å². The third-order valence-corrected chi connectivity index (χ3v) is 4.90. The van der Waals surface area contributed by atoms with E-state index in [9.17, 15) is 8.42 Å². The monoisotopic (exact) mass is 377 g/mol. The van der Waals surface area contributed by atoms with Crippen LogP contribution in [0.15, 0.2) is 27.6 Å². The third kappa shape index (κ3) is 3.77. The Balaban J connectivity index is 2.37. The van der Waals surface area contributed by atoms with Gasteiger partial charge in [0.1, 0.15) is 22.4 Å². The SMILES string of the molecule is CC1(C)CC(Oc2ccc(Br)cc2S(N)(=O)=O)C(C)(C)O1. The van der Waals surface area contributed by atoms with Crippen molar-refractivity contribution in [3.63, 3.8) is 0 Å². The van der Waals surface area contributed by atoms with Crippen LogP contribution in [-0.4, -0.2) is 25.7 Å². The number of ether oxygens (including phenoxy) is 2. The summed E-state index contributed by atoms with van der Waals surface area (Å²) in [5, 5.41) is 5.26. The van der Waals surface area contributed by atoms with Gasteiger partial charge in [0, 0.05) is 10.9 Å². The van der Waals surface area contributed by atoms with Crippen LogP contribution in [0, 0.1) is 0 Å². The largest absolute Gasteiger partial charge is 0.486 e. The highest BCUT2D eigenvalue weighted by atomic mass is 79.9. The zero-order chi connectivity index (χ0) is 16.1. The number of primary sulfonamides is 1. The summed E-state index contributed by atoms with van der Waals surface area (Å²) < 4.78 is 35.9. The van der Waals surface area contributed by atoms with Crippen molar-refractivity contribution in [2.45, 2.75) is 56.3 Å². The van der Waals surface area contributed by atoms with E-state index in [1.807, 2.05) is 27.7 Å². The Morgan fingerprint density at radius 2 is 1.95 bits per heavy atom. The zero-order valence-electron chi connectivity index (χ0n) is 12.5. The molecule has 1 aliphatic rings. The molecule has 2 N–H and O–H groups in total. The van der Waals surface area contributed by atoms with Crippen molar-refractivity contribution in [1.82, 2.24) is 0 Å². The van der Waals surface area contributed by atoms with Crippen LogP contribution in [0.1, 0.15) is 34.1 Å². The molecule has 1 aromatic carbocycles. The van der Waals surface area contributed by atoms with Gasteiger partial charge in [-0.1, -0.05) is 15.9 Å². The summed E-state index contributed by atoms with van der Waals surface area (Å²) in [6, 6.07) is 4.77. The topological polar surface area (TPSA) is 78.6 Å². The summed E-state index contributed by atoms with van der Waals surface area (Å²) in [4.78, 5) is -0.0302. The fourth-order valence-electron chi connectivity index (χ4n) is 2.65. The molecule has 1 atom stereocenters. The van der Waals surface area contributed by atoms with Crippen molar-refractivity contribution >= 4 is 26.0 Å². The Kier molecular flexibility index (Phi) is 4.16. The van der Waals surface area contributed by atoms with Crippen LogP contribution in [0.3, 0.4) is 0 Å². The average molecular weight is 378 g/mol. The van der Waals surface area contributed by atoms with Gasteiger partial charge in [-0.15, -0.1) is 0 Å². The van der Waals surface area contributed by atoms with Gasteiger partial charge >= 0.3 is 0 Å². The summed E-state index contributed by atoms with van der Waals surface area (Å²) in [7, 11) is -3.86. The van der Waals surface area contributed by atoms with Crippen LogP contribution in [-0.2, 0) is 14.8 Å². The van der Waals surface area contributed by atoms with E-state index >= 15 is 0 Å². The van der Waals surface area contributed by atoms with E-state index in [1.54, 1.807) is 12.1 Å². The minimum Gasteiger partial charge on any atom is -0.486 e. The molecule has 118 valence electrons. The van der Waals surface area contributed by atoms with Crippen molar-refractivity contribution in [2.24, 2.45) is 5.14 Å². The highest BCUT2D eigenvalue weighted by molar-refractivity contribution is 9.10. The van der Waals surface area contributed by atoms with Gasteiger partial charge < -0.3 is 9.47 Å². The predicted molar refractivity (Wildman–Crippen MR) is 83.8 cm³/mol. The molecule has 1 heterocycles. The molecule has 2 rings (SSSR count). The van der Waals surface area contributed by atoms with Crippen LogP contribution in [0.25, 0.3) is 0 Å². The number of rotatable bonds is 3. The molecule has 0 spiro atoms. The molecule has 1 saturated heterocycles. The second-order valence-electron chi connectivity index (χ2n) is 6.41. The Labute approximate surface area is 134 Å². The first kappa shape index (κ1) is 16.7. The highest BCUT2D eigenvalue weighted by Gasteiger charge is 2.47. The number of benzene rings is 1. The maximum atomic E-state index is 11.7. The molecule has 5 nitrogen and oxygen atoms in total. The average Bonchev–Trinajstić information content (AvgIpc) is 2.47. The molecule has 0 bridgehead atoms. The second-order valence-corrected chi connectivity index (χ2v) is 8.86. The summed E-state index contributed by atoms with van der Waals surface area (Å²) in [6.45, 7) is 7.84. The number of nitrogens with two attached hydrogens (primary N) is 1. The van der Waals surface area contributed by atoms with Crippen LogP contribution >= 0.6 is 15.9 Å². The van der Waals surface area contributed by atoms with Gasteiger partial charge in [-0.25, -0.2) is 13.6 Å². The van der Waals surface area contributed by atoms with Gasteiger partial charge in [-0.05, 0) is 45.9 Å². The summed E-state index contributed by atoms with van der Waals surface area (Å²) in [5.41, 5.74) is -0.822. The maximum absolute atomic E-state index is 11.7. The lowest BCUT2D eigenvalue weighted by Crippen LogP contribution is -2.37. The van der Waals surface area contributed by atoms with Gasteiger partial charge in [0.2, 0.25) is 10.0 Å². The van der Waals surface area contributed by atoms with E-state index in [-0.39, 0.29) is 22.4 Å². The number of hydrogen-bond acceptors (Lipinski definition) is 4. The Morgan fingerprint density at radius 3 is 2.43 bits per heavy atom. The molecule has 1 aliphatic heterocycles. The van der Waals surface area contributed by atoms with E-state index in [2.05, 4.69) is 15.9 Å². The lowest BCUT2D eigenvalue weighted by molar-refractivity contribution is -0.0849. The van der Waals surface area contributed by atoms with E-state index in [0.29, 0.717) is 10.9 Å². The molecule has 1 fully saturated rings. The molecule has 0 saturated carbocycles. The first-order chi connectivity index (χ1) is 9.41. The lowest BCUT2D eigenvalue weighted by Gasteiger charge is -2.28.